The van der Waals surface area contributed by atoms with Gasteiger partial charge in [0, 0.05) is 52.4 Å². The van der Waals surface area contributed by atoms with Gasteiger partial charge in [-0.05, 0) is 13.8 Å². The van der Waals surface area contributed by atoms with E-state index in [0.717, 1.165) is 26.2 Å². The van der Waals surface area contributed by atoms with Crippen LogP contribution in [-0.2, 0) is 19.1 Å². The molecule has 8 nitrogen and oxygen atoms in total. The highest BCUT2D eigenvalue weighted by atomic mass is 32.2. The first-order chi connectivity index (χ1) is 13.0. The number of thioether (sulfide) groups is 1. The quantitative estimate of drug-likeness (QED) is 0.552. The first kappa shape index (κ1) is 22.0. The topological polar surface area (TPSA) is 73.4 Å². The van der Waals surface area contributed by atoms with E-state index in [1.807, 2.05) is 23.6 Å². The molecule has 0 radical (unpaired) electrons. The van der Waals surface area contributed by atoms with Crippen molar-refractivity contribution in [2.75, 3.05) is 83.6 Å². The maximum atomic E-state index is 12.4. The van der Waals surface area contributed by atoms with Gasteiger partial charge in [0.15, 0.2) is 0 Å². The molecule has 2 rings (SSSR count). The summed E-state index contributed by atoms with van der Waals surface area (Å²) in [6.45, 7) is 11.0. The number of carbonyl (C=O) groups is 3. The van der Waals surface area contributed by atoms with E-state index in [2.05, 4.69) is 4.90 Å². The zero-order chi connectivity index (χ0) is 19.6. The summed E-state index contributed by atoms with van der Waals surface area (Å²) in [5, 5.41) is 0. The van der Waals surface area contributed by atoms with Crippen LogP contribution in [0.15, 0.2) is 0 Å². The second-order valence-electron chi connectivity index (χ2n) is 6.71. The molecule has 27 heavy (non-hydrogen) atoms. The molecular weight excluding hydrogens is 368 g/mol. The predicted octanol–water partition coefficient (Wildman–Crippen LogP) is -0.409. The number of nitrogens with zero attached hydrogens (tertiary/aromatic N) is 4. The van der Waals surface area contributed by atoms with Gasteiger partial charge in [-0.15, -0.1) is 11.8 Å². The van der Waals surface area contributed by atoms with Crippen molar-refractivity contribution in [3.63, 3.8) is 0 Å². The standard InChI is InChI=1S/C18H32N4O4S/c1-3-20(4-2)16(23)13-19-5-7-21(8-6-19)17(24)14-27-15-18(25)22-9-11-26-12-10-22/h3-15H2,1-2H3. The number of likely N-dealkylation sites (N-methyl/N-ethyl adjacent to an activating group) is 1. The van der Waals surface area contributed by atoms with Gasteiger partial charge in [-0.1, -0.05) is 0 Å². The molecule has 0 spiro atoms. The van der Waals surface area contributed by atoms with Crippen molar-refractivity contribution in [1.82, 2.24) is 19.6 Å². The summed E-state index contributed by atoms with van der Waals surface area (Å²) >= 11 is 1.38. The average molecular weight is 401 g/mol. The van der Waals surface area contributed by atoms with Crippen molar-refractivity contribution in [3.05, 3.63) is 0 Å². The largest absolute Gasteiger partial charge is 0.378 e. The number of piperazine rings is 1. The van der Waals surface area contributed by atoms with Crippen LogP contribution in [0.25, 0.3) is 0 Å². The summed E-state index contributed by atoms with van der Waals surface area (Å²) in [5.41, 5.74) is 0. The van der Waals surface area contributed by atoms with Crippen molar-refractivity contribution in [1.29, 1.82) is 0 Å². The molecular formula is C18H32N4O4S. The Morgan fingerprint density at radius 3 is 1.89 bits per heavy atom. The second-order valence-corrected chi connectivity index (χ2v) is 7.69. The molecule has 2 saturated heterocycles. The number of amides is 3. The highest BCUT2D eigenvalue weighted by molar-refractivity contribution is 8.00. The summed E-state index contributed by atoms with van der Waals surface area (Å²) in [6.07, 6.45) is 0. The third kappa shape index (κ3) is 6.97. The van der Waals surface area contributed by atoms with Crippen LogP contribution in [0.4, 0.5) is 0 Å². The summed E-state index contributed by atoms with van der Waals surface area (Å²) in [6, 6.07) is 0. The van der Waals surface area contributed by atoms with E-state index in [4.69, 9.17) is 4.74 Å². The molecule has 0 N–H and O–H groups in total. The first-order valence-corrected chi connectivity index (χ1v) is 10.9. The number of hydrogen-bond donors (Lipinski definition) is 0. The summed E-state index contributed by atoms with van der Waals surface area (Å²) in [4.78, 5) is 44.2. The van der Waals surface area contributed by atoms with Crippen LogP contribution < -0.4 is 0 Å². The molecule has 0 aromatic rings. The fourth-order valence-electron chi connectivity index (χ4n) is 3.24. The van der Waals surface area contributed by atoms with E-state index < -0.39 is 0 Å². The smallest absolute Gasteiger partial charge is 0.236 e. The lowest BCUT2D eigenvalue weighted by Crippen LogP contribution is -2.52. The number of rotatable bonds is 8. The van der Waals surface area contributed by atoms with E-state index >= 15 is 0 Å². The molecule has 0 aromatic heterocycles. The van der Waals surface area contributed by atoms with Gasteiger partial charge in [-0.25, -0.2) is 0 Å². The van der Waals surface area contributed by atoms with Crippen LogP contribution in [0.1, 0.15) is 13.8 Å². The van der Waals surface area contributed by atoms with Crippen molar-refractivity contribution < 1.29 is 19.1 Å². The van der Waals surface area contributed by atoms with Gasteiger partial charge >= 0.3 is 0 Å². The lowest BCUT2D eigenvalue weighted by molar-refractivity contribution is -0.134. The van der Waals surface area contributed by atoms with Crippen LogP contribution in [-0.4, -0.2) is 121 Å². The first-order valence-electron chi connectivity index (χ1n) is 9.76. The molecule has 0 bridgehead atoms. The number of carbonyl (C=O) groups excluding carboxylic acids is 3. The summed E-state index contributed by atoms with van der Waals surface area (Å²) < 4.78 is 5.24. The Morgan fingerprint density at radius 1 is 0.852 bits per heavy atom. The van der Waals surface area contributed by atoms with Gasteiger partial charge in [-0.2, -0.15) is 0 Å². The van der Waals surface area contributed by atoms with Crippen LogP contribution >= 0.6 is 11.8 Å². The molecule has 2 aliphatic heterocycles. The van der Waals surface area contributed by atoms with E-state index in [1.54, 1.807) is 4.90 Å². The monoisotopic (exact) mass is 400 g/mol. The minimum absolute atomic E-state index is 0.0736. The SMILES string of the molecule is CCN(CC)C(=O)CN1CCN(C(=O)CSCC(=O)N2CCOCC2)CC1. The molecule has 0 unspecified atom stereocenters. The van der Waals surface area contributed by atoms with Gasteiger partial charge in [0.25, 0.3) is 0 Å². The van der Waals surface area contributed by atoms with E-state index in [0.29, 0.717) is 57.4 Å². The molecule has 0 saturated carbocycles. The fraction of sp³-hybridized carbons (Fsp3) is 0.833. The Hall–Kier alpha value is -1.32. The van der Waals surface area contributed by atoms with Gasteiger partial charge < -0.3 is 19.4 Å². The molecule has 154 valence electrons. The molecule has 0 atom stereocenters. The molecule has 9 heteroatoms. The third-order valence-corrected chi connectivity index (χ3v) is 5.92. The summed E-state index contributed by atoms with van der Waals surface area (Å²) in [5.74, 6) is 0.968. The third-order valence-electron chi connectivity index (χ3n) is 5.01. The maximum absolute atomic E-state index is 12.4. The van der Waals surface area contributed by atoms with Crippen LogP contribution in [0.3, 0.4) is 0 Å². The zero-order valence-electron chi connectivity index (χ0n) is 16.5. The number of morpholine rings is 1. The second kappa shape index (κ2) is 11.5. The summed E-state index contributed by atoms with van der Waals surface area (Å²) in [7, 11) is 0. The Kier molecular flexibility index (Phi) is 9.36. The van der Waals surface area contributed by atoms with Crippen molar-refractivity contribution in [2.24, 2.45) is 0 Å². The highest BCUT2D eigenvalue weighted by Gasteiger charge is 2.24. The molecule has 0 aromatic carbocycles. The van der Waals surface area contributed by atoms with E-state index in [9.17, 15) is 14.4 Å². The Labute approximate surface area is 166 Å². The maximum Gasteiger partial charge on any atom is 0.236 e. The lowest BCUT2D eigenvalue weighted by atomic mass is 10.3. The Morgan fingerprint density at radius 2 is 1.37 bits per heavy atom. The van der Waals surface area contributed by atoms with Crippen LogP contribution in [0, 0.1) is 0 Å². The van der Waals surface area contributed by atoms with Crippen LogP contribution in [0.2, 0.25) is 0 Å². The molecule has 2 fully saturated rings. The van der Waals surface area contributed by atoms with Crippen molar-refractivity contribution >= 4 is 29.5 Å². The fourth-order valence-corrected chi connectivity index (χ4v) is 4.06. The van der Waals surface area contributed by atoms with Crippen molar-refractivity contribution in [2.45, 2.75) is 13.8 Å². The normalized spacial score (nSPS) is 18.4. The highest BCUT2D eigenvalue weighted by Crippen LogP contribution is 2.09. The van der Waals surface area contributed by atoms with Gasteiger partial charge in [0.2, 0.25) is 17.7 Å². The minimum atomic E-state index is 0.0736. The molecule has 2 aliphatic rings. The van der Waals surface area contributed by atoms with E-state index in [-0.39, 0.29) is 17.7 Å². The molecule has 2 heterocycles. The Bertz CT molecular complexity index is 502. The lowest BCUT2D eigenvalue weighted by Gasteiger charge is -2.35. The van der Waals surface area contributed by atoms with Gasteiger partial charge in [0.1, 0.15) is 0 Å². The van der Waals surface area contributed by atoms with Crippen LogP contribution in [0.5, 0.6) is 0 Å². The van der Waals surface area contributed by atoms with Gasteiger partial charge in [-0.3, -0.25) is 19.3 Å². The molecule has 0 aliphatic carbocycles. The molecule has 3 amide bonds. The predicted molar refractivity (Wildman–Crippen MR) is 106 cm³/mol. The Balaban J connectivity index is 1.63. The van der Waals surface area contributed by atoms with Crippen molar-refractivity contribution in [3.8, 4) is 0 Å². The zero-order valence-corrected chi connectivity index (χ0v) is 17.3. The average Bonchev–Trinajstić information content (AvgIpc) is 2.70. The van der Waals surface area contributed by atoms with E-state index in [1.165, 1.54) is 11.8 Å². The number of ether oxygens (including phenoxy) is 1. The minimum Gasteiger partial charge on any atom is -0.378 e. The number of hydrogen-bond acceptors (Lipinski definition) is 6. The van der Waals surface area contributed by atoms with Gasteiger partial charge in [0.05, 0.1) is 31.3 Å².